The van der Waals surface area contributed by atoms with Gasteiger partial charge in [0.1, 0.15) is 12.4 Å². The van der Waals surface area contributed by atoms with Gasteiger partial charge in [0, 0.05) is 37.0 Å². The van der Waals surface area contributed by atoms with Crippen LogP contribution in [0.3, 0.4) is 0 Å². The molecule has 1 unspecified atom stereocenters. The summed E-state index contributed by atoms with van der Waals surface area (Å²) in [4.78, 5) is 17.7. The Hall–Kier alpha value is -1.20. The molecule has 2 fully saturated rings. The fraction of sp³-hybridized carbons (Fsp3) is 0.611. The van der Waals surface area contributed by atoms with Gasteiger partial charge in [-0.3, -0.25) is 9.69 Å². The van der Waals surface area contributed by atoms with Crippen LogP contribution in [0.4, 0.5) is 0 Å². The molecule has 1 atom stereocenters. The lowest BCUT2D eigenvalue weighted by molar-refractivity contribution is -0.130. The molecule has 0 N–H and O–H groups in total. The fourth-order valence-corrected chi connectivity index (χ4v) is 3.92. The topological polar surface area (TPSA) is 32.8 Å². The van der Waals surface area contributed by atoms with Crippen molar-refractivity contribution in [3.63, 3.8) is 0 Å². The molecule has 0 aromatic heterocycles. The normalized spacial score (nSPS) is 22.6. The summed E-state index contributed by atoms with van der Waals surface area (Å²) < 4.78 is 5.86. The number of rotatable bonds is 6. The molecule has 2 heterocycles. The van der Waals surface area contributed by atoms with Crippen molar-refractivity contribution < 1.29 is 9.53 Å². The molecule has 0 bridgehead atoms. The first-order valence-corrected chi connectivity index (χ1v) is 9.77. The number of amides is 1. The third-order valence-electron chi connectivity index (χ3n) is 4.77. The van der Waals surface area contributed by atoms with Gasteiger partial charge in [-0.2, -0.15) is 0 Å². The van der Waals surface area contributed by atoms with E-state index in [4.69, 9.17) is 4.74 Å². The van der Waals surface area contributed by atoms with Crippen LogP contribution in [0.15, 0.2) is 29.2 Å². The van der Waals surface area contributed by atoms with Crippen LogP contribution in [0.5, 0.6) is 5.75 Å². The van der Waals surface area contributed by atoms with E-state index in [1.165, 1.54) is 11.3 Å². The number of piperidine rings is 1. The number of thioether (sulfide) groups is 1. The average molecular weight is 334 g/mol. The maximum Gasteiger partial charge on any atom is 0.222 e. The molecule has 5 heteroatoms. The fourth-order valence-electron chi connectivity index (χ4n) is 3.51. The van der Waals surface area contributed by atoms with Gasteiger partial charge in [-0.25, -0.2) is 0 Å². The zero-order chi connectivity index (χ0) is 16.1. The lowest BCUT2D eigenvalue weighted by atomic mass is 10.0. The Kier molecular flexibility index (Phi) is 5.84. The standard InChI is InChI=1S/C18H26N2O2S/c1-23-17-8-6-16(7-9-17)22-13-12-19-10-2-4-15(14-19)20-11-3-5-18(20)21/h6-9,15H,2-5,10-14H2,1H3. The summed E-state index contributed by atoms with van der Waals surface area (Å²) in [7, 11) is 0. The second-order valence-corrected chi connectivity index (χ2v) is 7.19. The summed E-state index contributed by atoms with van der Waals surface area (Å²) in [5.74, 6) is 1.29. The molecular weight excluding hydrogens is 308 g/mol. The summed E-state index contributed by atoms with van der Waals surface area (Å²) >= 11 is 1.74. The van der Waals surface area contributed by atoms with Crippen molar-refractivity contribution in [2.75, 3.05) is 39.0 Å². The zero-order valence-corrected chi connectivity index (χ0v) is 14.7. The van der Waals surface area contributed by atoms with Gasteiger partial charge in [-0.15, -0.1) is 11.8 Å². The summed E-state index contributed by atoms with van der Waals surface area (Å²) in [5, 5.41) is 0. The van der Waals surface area contributed by atoms with Crippen LogP contribution in [0, 0.1) is 0 Å². The van der Waals surface area contributed by atoms with Gasteiger partial charge in [0.25, 0.3) is 0 Å². The first-order chi connectivity index (χ1) is 11.3. The summed E-state index contributed by atoms with van der Waals surface area (Å²) in [5.41, 5.74) is 0. The Labute approximate surface area is 143 Å². The predicted octanol–water partition coefficient (Wildman–Crippen LogP) is 2.87. The highest BCUT2D eigenvalue weighted by molar-refractivity contribution is 7.98. The summed E-state index contributed by atoms with van der Waals surface area (Å²) in [6, 6.07) is 8.67. The van der Waals surface area contributed by atoms with E-state index in [0.717, 1.165) is 51.2 Å². The third-order valence-corrected chi connectivity index (χ3v) is 5.51. The molecule has 0 spiro atoms. The van der Waals surface area contributed by atoms with Gasteiger partial charge >= 0.3 is 0 Å². The molecule has 0 saturated carbocycles. The van der Waals surface area contributed by atoms with E-state index in [1.54, 1.807) is 11.8 Å². The molecule has 0 aliphatic carbocycles. The van der Waals surface area contributed by atoms with Crippen LogP contribution in [0.25, 0.3) is 0 Å². The minimum atomic E-state index is 0.349. The van der Waals surface area contributed by atoms with Crippen LogP contribution in [0.1, 0.15) is 25.7 Å². The first kappa shape index (κ1) is 16.7. The molecule has 4 nitrogen and oxygen atoms in total. The van der Waals surface area contributed by atoms with Gasteiger partial charge in [-0.05, 0) is 56.3 Å². The quantitative estimate of drug-likeness (QED) is 0.749. The number of hydrogen-bond acceptors (Lipinski definition) is 4. The average Bonchev–Trinajstić information content (AvgIpc) is 3.02. The number of benzene rings is 1. The highest BCUT2D eigenvalue weighted by atomic mass is 32.2. The zero-order valence-electron chi connectivity index (χ0n) is 13.9. The van der Waals surface area contributed by atoms with Gasteiger partial charge in [0.05, 0.1) is 0 Å². The lowest BCUT2D eigenvalue weighted by Crippen LogP contribution is -2.49. The summed E-state index contributed by atoms with van der Waals surface area (Å²) in [6.45, 7) is 4.71. The van der Waals surface area contributed by atoms with Crippen molar-refractivity contribution in [1.29, 1.82) is 0 Å². The SMILES string of the molecule is CSc1ccc(OCCN2CCCC(N3CCCC3=O)C2)cc1. The molecule has 23 heavy (non-hydrogen) atoms. The second-order valence-electron chi connectivity index (χ2n) is 6.31. The van der Waals surface area contributed by atoms with Crippen molar-refractivity contribution in [2.24, 2.45) is 0 Å². The largest absolute Gasteiger partial charge is 0.492 e. The Morgan fingerprint density at radius 1 is 1.22 bits per heavy atom. The maximum absolute atomic E-state index is 11.9. The molecule has 2 aliphatic rings. The Morgan fingerprint density at radius 3 is 2.74 bits per heavy atom. The van der Waals surface area contributed by atoms with E-state index in [9.17, 15) is 4.79 Å². The van der Waals surface area contributed by atoms with Gasteiger partial charge in [-0.1, -0.05) is 0 Å². The smallest absolute Gasteiger partial charge is 0.222 e. The summed E-state index contributed by atoms with van der Waals surface area (Å²) in [6.07, 6.45) is 6.18. The first-order valence-electron chi connectivity index (χ1n) is 8.55. The van der Waals surface area contributed by atoms with Crippen LogP contribution >= 0.6 is 11.8 Å². The van der Waals surface area contributed by atoms with E-state index in [1.807, 2.05) is 12.1 Å². The van der Waals surface area contributed by atoms with Crippen LogP contribution < -0.4 is 4.74 Å². The molecule has 3 rings (SSSR count). The molecule has 126 valence electrons. The van der Waals surface area contributed by atoms with Crippen LogP contribution in [-0.4, -0.2) is 60.8 Å². The van der Waals surface area contributed by atoms with Crippen LogP contribution in [-0.2, 0) is 4.79 Å². The number of carbonyl (C=O) groups excluding carboxylic acids is 1. The van der Waals surface area contributed by atoms with Gasteiger partial charge in [0.15, 0.2) is 0 Å². The number of carbonyl (C=O) groups is 1. The highest BCUT2D eigenvalue weighted by Crippen LogP contribution is 2.22. The Balaban J connectivity index is 1.43. The predicted molar refractivity (Wildman–Crippen MR) is 94.1 cm³/mol. The number of hydrogen-bond donors (Lipinski definition) is 0. The molecule has 1 aromatic carbocycles. The maximum atomic E-state index is 11.9. The highest BCUT2D eigenvalue weighted by Gasteiger charge is 2.31. The van der Waals surface area contributed by atoms with Crippen molar-refractivity contribution in [1.82, 2.24) is 9.80 Å². The van der Waals surface area contributed by atoms with E-state index in [-0.39, 0.29) is 0 Å². The van der Waals surface area contributed by atoms with Crippen LogP contribution in [0.2, 0.25) is 0 Å². The van der Waals surface area contributed by atoms with Crippen molar-refractivity contribution in [3.8, 4) is 5.75 Å². The minimum Gasteiger partial charge on any atom is -0.492 e. The van der Waals surface area contributed by atoms with Crippen molar-refractivity contribution >= 4 is 17.7 Å². The van der Waals surface area contributed by atoms with E-state index >= 15 is 0 Å². The van der Waals surface area contributed by atoms with E-state index in [0.29, 0.717) is 18.6 Å². The van der Waals surface area contributed by atoms with Gasteiger partial charge < -0.3 is 9.64 Å². The number of likely N-dealkylation sites (tertiary alicyclic amines) is 2. The van der Waals surface area contributed by atoms with Gasteiger partial charge in [0.2, 0.25) is 5.91 Å². The Bertz CT molecular complexity index is 520. The molecule has 1 amide bonds. The molecule has 2 aliphatic heterocycles. The van der Waals surface area contributed by atoms with Crippen molar-refractivity contribution in [2.45, 2.75) is 36.6 Å². The Morgan fingerprint density at radius 2 is 2.04 bits per heavy atom. The van der Waals surface area contributed by atoms with E-state index < -0.39 is 0 Å². The molecular formula is C18H26N2O2S. The minimum absolute atomic E-state index is 0.349. The second kappa shape index (κ2) is 8.06. The van der Waals surface area contributed by atoms with Crippen molar-refractivity contribution in [3.05, 3.63) is 24.3 Å². The lowest BCUT2D eigenvalue weighted by Gasteiger charge is -2.37. The third kappa shape index (κ3) is 4.42. The molecule has 0 radical (unpaired) electrons. The molecule has 2 saturated heterocycles. The molecule has 1 aromatic rings. The van der Waals surface area contributed by atoms with E-state index in [2.05, 4.69) is 28.2 Å². The monoisotopic (exact) mass is 334 g/mol. The number of ether oxygens (including phenoxy) is 1. The number of nitrogens with zero attached hydrogens (tertiary/aromatic N) is 2.